The molecule has 0 aromatic heterocycles. The Kier molecular flexibility index (Phi) is 14.4. The van der Waals surface area contributed by atoms with Crippen LogP contribution in [0.5, 0.6) is 0 Å². The maximum absolute atomic E-state index is 2.28. The van der Waals surface area contributed by atoms with Gasteiger partial charge in [0.15, 0.2) is 0 Å². The Hall–Kier alpha value is 1.62. The van der Waals surface area contributed by atoms with Crippen LogP contribution in [-0.2, 0) is 0 Å². The normalized spacial score (nSPS) is 7.81. The van der Waals surface area contributed by atoms with Crippen LogP contribution in [0.4, 0.5) is 0 Å². The molecule has 4 radical (unpaired) electrons. The van der Waals surface area contributed by atoms with Gasteiger partial charge >= 0.3 is 151 Å². The van der Waals surface area contributed by atoms with Gasteiger partial charge in [-0.3, -0.25) is 0 Å². The van der Waals surface area contributed by atoms with Crippen molar-refractivity contribution in [2.45, 2.75) is 0 Å². The molecule has 0 bridgehead atoms. The minimum absolute atomic E-state index is 1.32. The summed E-state index contributed by atoms with van der Waals surface area (Å²) in [5.74, 6) is 0. The molecule has 0 aliphatic heterocycles. The van der Waals surface area contributed by atoms with E-state index in [1.54, 1.807) is 0 Å². The molecular formula is C12H10IInTe2. The van der Waals surface area contributed by atoms with Crippen molar-refractivity contribution in [3.8, 4) is 0 Å². The number of halogens is 1. The molecule has 2 aromatic carbocycles. The zero-order valence-electron chi connectivity index (χ0n) is 8.55. The van der Waals surface area contributed by atoms with Crippen LogP contribution in [0.15, 0.2) is 60.7 Å². The number of hydrogen-bond acceptors (Lipinski definition) is 0. The molecule has 0 aliphatic carbocycles. The predicted molar refractivity (Wildman–Crippen MR) is 83.4 cm³/mol. The van der Waals surface area contributed by atoms with Crippen molar-refractivity contribution < 1.29 is 0 Å². The zero-order chi connectivity index (χ0) is 12.2. The van der Waals surface area contributed by atoms with Gasteiger partial charge in [-0.15, -0.1) is 0 Å². The van der Waals surface area contributed by atoms with E-state index in [1.165, 1.54) is 27.4 Å². The molecule has 0 saturated heterocycles. The first kappa shape index (κ1) is 17.6. The Morgan fingerprint density at radius 3 is 1.00 bits per heavy atom. The summed E-state index contributed by atoms with van der Waals surface area (Å²) in [6, 6.07) is 20.6. The van der Waals surface area contributed by atoms with Gasteiger partial charge < -0.3 is 0 Å². The minimum atomic E-state index is 1.32. The third kappa shape index (κ3) is 10.8. The molecular weight excluding hydrogens is 641 g/mol. The molecule has 2 aromatic rings. The molecule has 0 heterocycles. The van der Waals surface area contributed by atoms with Gasteiger partial charge in [-0.05, 0) is 0 Å². The number of hydrogen-bond donors (Lipinski definition) is 0. The van der Waals surface area contributed by atoms with E-state index in [0.717, 1.165) is 0 Å². The maximum atomic E-state index is 2.28. The molecule has 0 spiro atoms. The second-order valence-corrected chi connectivity index (χ2v) is 5.32. The van der Waals surface area contributed by atoms with E-state index in [-0.39, 0.29) is 0 Å². The molecule has 0 unspecified atom stereocenters. The van der Waals surface area contributed by atoms with Gasteiger partial charge in [-0.1, -0.05) is 0 Å². The van der Waals surface area contributed by atoms with Crippen LogP contribution < -0.4 is 7.22 Å². The van der Waals surface area contributed by atoms with Gasteiger partial charge in [-0.2, -0.15) is 0 Å². The van der Waals surface area contributed by atoms with Gasteiger partial charge in [0.25, 0.3) is 0 Å². The third-order valence-corrected chi connectivity index (χ3v) is 3.04. The van der Waals surface area contributed by atoms with Gasteiger partial charge in [-0.25, -0.2) is 0 Å². The molecule has 80 valence electrons. The summed E-state index contributed by atoms with van der Waals surface area (Å²) in [6.45, 7) is 0. The van der Waals surface area contributed by atoms with Crippen LogP contribution in [0.2, 0.25) is 0 Å². The molecule has 16 heavy (non-hydrogen) atoms. The number of benzene rings is 2. The third-order valence-electron chi connectivity index (χ3n) is 1.49. The Balaban J connectivity index is 0.000000244. The van der Waals surface area contributed by atoms with Crippen molar-refractivity contribution in [1.29, 1.82) is 0 Å². The van der Waals surface area contributed by atoms with Gasteiger partial charge in [0, 0.05) is 0 Å². The Morgan fingerprint density at radius 2 is 0.875 bits per heavy atom. The summed E-state index contributed by atoms with van der Waals surface area (Å²) in [7, 11) is 0. The predicted octanol–water partition coefficient (Wildman–Crippen LogP) is 1.47. The average Bonchev–Trinajstić information content (AvgIpc) is 2.34. The van der Waals surface area contributed by atoms with Crippen LogP contribution >= 0.6 is 18.1 Å². The zero-order valence-corrected chi connectivity index (χ0v) is 18.7. The SMILES string of the molecule is [In][I].[Te]c1ccccc1.[Te]c1ccccc1. The Morgan fingerprint density at radius 1 is 0.625 bits per heavy atom. The van der Waals surface area contributed by atoms with E-state index in [4.69, 9.17) is 0 Å². The summed E-state index contributed by atoms with van der Waals surface area (Å²) < 4.78 is 2.66. The molecule has 2 rings (SSSR count). The second-order valence-electron chi connectivity index (χ2n) is 2.63. The molecule has 0 atom stereocenters. The first-order valence-corrected chi connectivity index (χ1v) is 16.4. The standard InChI is InChI=1S/2C6H5Te.HI.In/c2*7-6-4-2-1-3-5-6;;/h2*1-5H;1H;/q;;;+1/p-1. The van der Waals surface area contributed by atoms with Crippen LogP contribution in [0.3, 0.4) is 0 Å². The Labute approximate surface area is 148 Å². The topological polar surface area (TPSA) is 0 Å². The molecule has 0 nitrogen and oxygen atoms in total. The monoisotopic (exact) mass is 656 g/mol. The first-order chi connectivity index (χ1) is 7.79. The van der Waals surface area contributed by atoms with Crippen molar-refractivity contribution in [3.63, 3.8) is 0 Å². The fourth-order valence-corrected chi connectivity index (χ4v) is 1.74. The van der Waals surface area contributed by atoms with Crippen LogP contribution in [-0.4, -0.2) is 64.8 Å². The van der Waals surface area contributed by atoms with Crippen molar-refractivity contribution in [2.24, 2.45) is 0 Å². The van der Waals surface area contributed by atoms with Crippen molar-refractivity contribution in [2.75, 3.05) is 0 Å². The summed E-state index contributed by atoms with van der Waals surface area (Å²) in [4.78, 5) is 0. The van der Waals surface area contributed by atoms with E-state index in [2.05, 4.69) is 42.4 Å². The molecule has 0 N–H and O–H groups in total. The quantitative estimate of drug-likeness (QED) is 0.300. The molecule has 4 heteroatoms. The second kappa shape index (κ2) is 13.1. The van der Waals surface area contributed by atoms with E-state index < -0.39 is 0 Å². The van der Waals surface area contributed by atoms with Crippen LogP contribution in [0.1, 0.15) is 0 Å². The molecule has 0 aliphatic rings. The van der Waals surface area contributed by atoms with E-state index in [0.29, 0.717) is 0 Å². The molecule has 0 amide bonds. The van der Waals surface area contributed by atoms with Crippen molar-refractivity contribution >= 4 is 90.2 Å². The Bertz CT molecular complexity index is 316. The van der Waals surface area contributed by atoms with Crippen LogP contribution in [0, 0.1) is 0 Å². The summed E-state index contributed by atoms with van der Waals surface area (Å²) in [5.41, 5.74) is 0. The van der Waals surface area contributed by atoms with E-state index in [1.807, 2.05) is 81.0 Å². The van der Waals surface area contributed by atoms with Crippen molar-refractivity contribution in [1.82, 2.24) is 0 Å². The van der Waals surface area contributed by atoms with Gasteiger partial charge in [0.1, 0.15) is 0 Å². The molecule has 0 fully saturated rings. The van der Waals surface area contributed by atoms with E-state index in [9.17, 15) is 0 Å². The van der Waals surface area contributed by atoms with Gasteiger partial charge in [0.05, 0.1) is 0 Å². The van der Waals surface area contributed by atoms with Crippen molar-refractivity contribution in [3.05, 3.63) is 60.7 Å². The van der Waals surface area contributed by atoms with Gasteiger partial charge in [0.2, 0.25) is 0 Å². The van der Waals surface area contributed by atoms with Crippen LogP contribution in [0.25, 0.3) is 0 Å². The molecule has 0 saturated carbocycles. The fourth-order valence-electron chi connectivity index (χ4n) is 0.841. The van der Waals surface area contributed by atoms with E-state index >= 15 is 0 Å². The summed E-state index contributed by atoms with van der Waals surface area (Å²) in [6.07, 6.45) is 0. The number of rotatable bonds is 0. The fraction of sp³-hybridized carbons (Fsp3) is 0. The summed E-state index contributed by atoms with van der Waals surface area (Å²) in [5, 5.41) is 0. The first-order valence-electron chi connectivity index (χ1n) is 4.45. The summed E-state index contributed by atoms with van der Waals surface area (Å²) >= 11 is 7.64. The average molecular weight is 651 g/mol.